The van der Waals surface area contributed by atoms with Crippen LogP contribution in [0.3, 0.4) is 0 Å². The number of halogens is 1. The number of benzene rings is 1. The lowest BCUT2D eigenvalue weighted by Gasteiger charge is -2.34. The van der Waals surface area contributed by atoms with Crippen LogP contribution in [0, 0.1) is 6.92 Å². The van der Waals surface area contributed by atoms with E-state index in [2.05, 4.69) is 27.7 Å². The molecule has 0 fully saturated rings. The van der Waals surface area contributed by atoms with Gasteiger partial charge in [0.05, 0.1) is 6.61 Å². The van der Waals surface area contributed by atoms with E-state index in [0.29, 0.717) is 18.1 Å². The van der Waals surface area contributed by atoms with Gasteiger partial charge in [-0.25, -0.2) is 0 Å². The Kier molecular flexibility index (Phi) is 8.46. The molecule has 2 atom stereocenters. The molecule has 1 amide bonds. The van der Waals surface area contributed by atoms with E-state index in [1.165, 1.54) is 0 Å². The molecule has 0 N–H and O–H groups in total. The van der Waals surface area contributed by atoms with Crippen molar-refractivity contribution in [3.63, 3.8) is 0 Å². The first-order valence-electron chi connectivity index (χ1n) is 8.60. The van der Waals surface area contributed by atoms with Crippen molar-refractivity contribution in [3.8, 4) is 5.75 Å². The van der Waals surface area contributed by atoms with Gasteiger partial charge in [0, 0.05) is 23.5 Å². The van der Waals surface area contributed by atoms with Crippen LogP contribution in [0.4, 0.5) is 0 Å². The maximum Gasteiger partial charge on any atom is 0.223 e. The minimum Gasteiger partial charge on any atom is -0.493 e. The van der Waals surface area contributed by atoms with E-state index < -0.39 is 0 Å². The van der Waals surface area contributed by atoms with Gasteiger partial charge in [0.1, 0.15) is 5.75 Å². The lowest BCUT2D eigenvalue weighted by atomic mass is 10.1. The van der Waals surface area contributed by atoms with Crippen molar-refractivity contribution in [1.82, 2.24) is 4.90 Å². The zero-order valence-corrected chi connectivity index (χ0v) is 15.8. The number of aryl methyl sites for hydroxylation is 1. The SMILES string of the molecule is CCC(C)N(C(=O)CCCOc1ccc(Cl)cc1C)C(C)CC. The molecule has 0 radical (unpaired) electrons. The predicted octanol–water partition coefficient (Wildman–Crippen LogP) is 5.23. The molecular formula is C19H30ClNO2. The molecule has 0 saturated heterocycles. The van der Waals surface area contributed by atoms with E-state index in [9.17, 15) is 4.79 Å². The van der Waals surface area contributed by atoms with Crippen molar-refractivity contribution in [2.45, 2.75) is 72.4 Å². The fraction of sp³-hybridized carbons (Fsp3) is 0.632. The Morgan fingerprint density at radius 3 is 2.35 bits per heavy atom. The fourth-order valence-electron chi connectivity index (χ4n) is 2.63. The minimum absolute atomic E-state index is 0.227. The van der Waals surface area contributed by atoms with Crippen LogP contribution in [0.5, 0.6) is 5.75 Å². The Morgan fingerprint density at radius 2 is 1.83 bits per heavy atom. The van der Waals surface area contributed by atoms with Gasteiger partial charge in [-0.15, -0.1) is 0 Å². The molecule has 4 heteroatoms. The summed E-state index contributed by atoms with van der Waals surface area (Å²) in [6.45, 7) is 11.0. The van der Waals surface area contributed by atoms with E-state index in [1.54, 1.807) is 0 Å². The Hall–Kier alpha value is -1.22. The van der Waals surface area contributed by atoms with Gasteiger partial charge in [0.15, 0.2) is 0 Å². The van der Waals surface area contributed by atoms with Crippen LogP contribution in [0.1, 0.15) is 58.9 Å². The highest BCUT2D eigenvalue weighted by Gasteiger charge is 2.22. The number of carbonyl (C=O) groups is 1. The van der Waals surface area contributed by atoms with E-state index in [1.807, 2.05) is 30.0 Å². The average Bonchev–Trinajstić information content (AvgIpc) is 2.52. The number of ether oxygens (including phenoxy) is 1. The quantitative estimate of drug-likeness (QED) is 0.576. The van der Waals surface area contributed by atoms with Crippen LogP contribution >= 0.6 is 11.6 Å². The van der Waals surface area contributed by atoms with Crippen LogP contribution < -0.4 is 4.74 Å². The molecule has 0 heterocycles. The summed E-state index contributed by atoms with van der Waals surface area (Å²) < 4.78 is 5.77. The molecule has 0 aliphatic rings. The van der Waals surface area contributed by atoms with Gasteiger partial charge in [-0.3, -0.25) is 4.79 Å². The molecule has 0 spiro atoms. The van der Waals surface area contributed by atoms with E-state index in [0.717, 1.165) is 30.6 Å². The second-order valence-corrected chi connectivity index (χ2v) is 6.61. The number of hydrogen-bond acceptors (Lipinski definition) is 2. The van der Waals surface area contributed by atoms with Gasteiger partial charge in [-0.05, 0) is 63.8 Å². The number of amides is 1. The molecular weight excluding hydrogens is 310 g/mol. The topological polar surface area (TPSA) is 29.5 Å². The summed E-state index contributed by atoms with van der Waals surface area (Å²) in [5, 5.41) is 0.711. The molecule has 0 aromatic heterocycles. The Labute approximate surface area is 146 Å². The van der Waals surface area contributed by atoms with Crippen LogP contribution in [0.15, 0.2) is 18.2 Å². The first kappa shape index (κ1) is 19.8. The zero-order valence-electron chi connectivity index (χ0n) is 15.1. The third kappa shape index (κ3) is 6.06. The molecule has 1 rings (SSSR count). The monoisotopic (exact) mass is 339 g/mol. The molecule has 2 unspecified atom stereocenters. The normalized spacial score (nSPS) is 13.5. The summed E-state index contributed by atoms with van der Waals surface area (Å²) in [7, 11) is 0. The highest BCUT2D eigenvalue weighted by molar-refractivity contribution is 6.30. The summed E-state index contributed by atoms with van der Waals surface area (Å²) in [5.41, 5.74) is 1.02. The number of rotatable bonds is 9. The van der Waals surface area contributed by atoms with Crippen molar-refractivity contribution < 1.29 is 9.53 Å². The highest BCUT2D eigenvalue weighted by Crippen LogP contribution is 2.22. The molecule has 0 bridgehead atoms. The van der Waals surface area contributed by atoms with Crippen LogP contribution in [-0.2, 0) is 4.79 Å². The third-order valence-electron chi connectivity index (χ3n) is 4.35. The zero-order chi connectivity index (χ0) is 17.4. The molecule has 3 nitrogen and oxygen atoms in total. The van der Waals surface area contributed by atoms with E-state index >= 15 is 0 Å². The van der Waals surface area contributed by atoms with Crippen molar-refractivity contribution in [1.29, 1.82) is 0 Å². The Morgan fingerprint density at radius 1 is 1.22 bits per heavy atom. The molecule has 0 aliphatic heterocycles. The molecule has 130 valence electrons. The summed E-state index contributed by atoms with van der Waals surface area (Å²) in [4.78, 5) is 14.6. The number of hydrogen-bond donors (Lipinski definition) is 0. The maximum absolute atomic E-state index is 12.5. The van der Waals surface area contributed by atoms with E-state index in [-0.39, 0.29) is 18.0 Å². The Bertz CT molecular complexity index is 494. The van der Waals surface area contributed by atoms with Crippen molar-refractivity contribution >= 4 is 17.5 Å². The molecule has 1 aromatic rings. The van der Waals surface area contributed by atoms with Crippen LogP contribution in [0.2, 0.25) is 5.02 Å². The molecule has 0 saturated carbocycles. The van der Waals surface area contributed by atoms with Crippen LogP contribution in [-0.4, -0.2) is 29.5 Å². The van der Waals surface area contributed by atoms with Crippen molar-refractivity contribution in [3.05, 3.63) is 28.8 Å². The van der Waals surface area contributed by atoms with Crippen LogP contribution in [0.25, 0.3) is 0 Å². The standard InChI is InChI=1S/C19H30ClNO2/c1-6-15(4)21(16(5)7-2)19(22)9-8-12-23-18-11-10-17(20)13-14(18)3/h10-11,13,15-16H,6-9,12H2,1-5H3. The van der Waals surface area contributed by atoms with Gasteiger partial charge >= 0.3 is 0 Å². The first-order valence-corrected chi connectivity index (χ1v) is 8.98. The maximum atomic E-state index is 12.5. The summed E-state index contributed by atoms with van der Waals surface area (Å²) in [5.74, 6) is 1.06. The molecule has 23 heavy (non-hydrogen) atoms. The summed E-state index contributed by atoms with van der Waals surface area (Å²) in [6, 6.07) is 6.16. The minimum atomic E-state index is 0.227. The summed E-state index contributed by atoms with van der Waals surface area (Å²) >= 11 is 5.94. The van der Waals surface area contributed by atoms with Gasteiger partial charge in [0.25, 0.3) is 0 Å². The Balaban J connectivity index is 2.48. The largest absolute Gasteiger partial charge is 0.493 e. The summed E-state index contributed by atoms with van der Waals surface area (Å²) in [6.07, 6.45) is 3.22. The predicted molar refractivity (Wildman–Crippen MR) is 97.3 cm³/mol. The second kappa shape index (κ2) is 9.82. The van der Waals surface area contributed by atoms with Gasteiger partial charge in [-0.1, -0.05) is 25.4 Å². The number of carbonyl (C=O) groups excluding carboxylic acids is 1. The van der Waals surface area contributed by atoms with Crippen molar-refractivity contribution in [2.75, 3.05) is 6.61 Å². The lowest BCUT2D eigenvalue weighted by molar-refractivity contribution is -0.135. The fourth-order valence-corrected chi connectivity index (χ4v) is 2.86. The van der Waals surface area contributed by atoms with Gasteiger partial charge in [0.2, 0.25) is 5.91 Å². The number of nitrogens with zero attached hydrogens (tertiary/aromatic N) is 1. The van der Waals surface area contributed by atoms with Gasteiger partial charge < -0.3 is 9.64 Å². The molecule has 0 aliphatic carbocycles. The lowest BCUT2D eigenvalue weighted by Crippen LogP contribution is -2.44. The molecule has 1 aromatic carbocycles. The average molecular weight is 340 g/mol. The second-order valence-electron chi connectivity index (χ2n) is 6.18. The smallest absolute Gasteiger partial charge is 0.223 e. The van der Waals surface area contributed by atoms with Crippen molar-refractivity contribution in [2.24, 2.45) is 0 Å². The van der Waals surface area contributed by atoms with Gasteiger partial charge in [-0.2, -0.15) is 0 Å². The third-order valence-corrected chi connectivity index (χ3v) is 4.58. The highest BCUT2D eigenvalue weighted by atomic mass is 35.5. The first-order chi connectivity index (χ1) is 10.9. The van der Waals surface area contributed by atoms with E-state index in [4.69, 9.17) is 16.3 Å².